The Morgan fingerprint density at radius 2 is 1.40 bits per heavy atom. The van der Waals surface area contributed by atoms with Crippen LogP contribution in [0.3, 0.4) is 0 Å². The van der Waals surface area contributed by atoms with E-state index in [2.05, 4.69) is 15.9 Å². The van der Waals surface area contributed by atoms with Crippen molar-refractivity contribution in [3.05, 3.63) is 57.8 Å². The minimum absolute atomic E-state index is 0.321. The van der Waals surface area contributed by atoms with Gasteiger partial charge in [0.25, 0.3) is 0 Å². The van der Waals surface area contributed by atoms with E-state index in [4.69, 9.17) is 0 Å². The van der Waals surface area contributed by atoms with E-state index < -0.39 is 34.8 Å². The van der Waals surface area contributed by atoms with Crippen LogP contribution in [0.4, 0.5) is 26.3 Å². The minimum Gasteiger partial charge on any atom is -0.206 e. The second kappa shape index (κ2) is 5.12. The van der Waals surface area contributed by atoms with Crippen LogP contribution in [0, 0.1) is 17.5 Å². The molecule has 0 aliphatic rings. The smallest absolute Gasteiger partial charge is 0.206 e. The summed E-state index contributed by atoms with van der Waals surface area (Å²) in [5, 5.41) is 0. The number of hydrogen-bond acceptors (Lipinski definition) is 0. The molecule has 2 aromatic carbocycles. The van der Waals surface area contributed by atoms with Crippen molar-refractivity contribution in [2.45, 2.75) is 6.18 Å². The lowest BCUT2D eigenvalue weighted by Gasteiger charge is -2.11. The fraction of sp³-hybridized carbons (Fsp3) is 0.0769. The average Bonchev–Trinajstić information content (AvgIpc) is 2.32. The Hall–Kier alpha value is -1.50. The summed E-state index contributed by atoms with van der Waals surface area (Å²) in [7, 11) is 0. The van der Waals surface area contributed by atoms with Gasteiger partial charge in [0.1, 0.15) is 5.82 Å². The molecule has 0 spiro atoms. The zero-order valence-electron chi connectivity index (χ0n) is 9.53. The highest BCUT2D eigenvalue weighted by Crippen LogP contribution is 2.36. The van der Waals surface area contributed by atoms with E-state index in [9.17, 15) is 26.3 Å². The van der Waals surface area contributed by atoms with Crippen LogP contribution in [0.2, 0.25) is 0 Å². The summed E-state index contributed by atoms with van der Waals surface area (Å²) in [4.78, 5) is 0. The summed E-state index contributed by atoms with van der Waals surface area (Å²) in [6.45, 7) is 0. The second-order valence-electron chi connectivity index (χ2n) is 3.91. The Morgan fingerprint density at radius 3 is 1.95 bits per heavy atom. The standard InChI is InChI=1S/C13H5BrF6/c14-6-1-2-7(10(15)5-6)8-3-4-9(13(18,19)20)12(17)11(8)16/h1-5H. The molecule has 0 saturated heterocycles. The molecule has 0 atom stereocenters. The van der Waals surface area contributed by atoms with E-state index in [1.807, 2.05) is 0 Å². The zero-order chi connectivity index (χ0) is 15.1. The highest BCUT2D eigenvalue weighted by Gasteiger charge is 2.36. The molecule has 0 radical (unpaired) electrons. The molecule has 0 bridgehead atoms. The largest absolute Gasteiger partial charge is 0.419 e. The molecule has 7 heteroatoms. The van der Waals surface area contributed by atoms with Gasteiger partial charge in [0.2, 0.25) is 0 Å². The third kappa shape index (κ3) is 2.67. The van der Waals surface area contributed by atoms with Crippen molar-refractivity contribution < 1.29 is 26.3 Å². The summed E-state index contributed by atoms with van der Waals surface area (Å²) in [6.07, 6.45) is -5.01. The van der Waals surface area contributed by atoms with Crippen LogP contribution in [0.25, 0.3) is 11.1 Å². The van der Waals surface area contributed by atoms with E-state index in [-0.39, 0.29) is 5.56 Å². The molecule has 20 heavy (non-hydrogen) atoms. The normalized spacial score (nSPS) is 11.8. The first-order chi connectivity index (χ1) is 9.21. The SMILES string of the molecule is Fc1cc(Br)ccc1-c1ccc(C(F)(F)F)c(F)c1F. The summed E-state index contributed by atoms with van der Waals surface area (Å²) in [5.41, 5.74) is -2.62. The van der Waals surface area contributed by atoms with Gasteiger partial charge in [-0.05, 0) is 18.2 Å². The van der Waals surface area contributed by atoms with Crippen molar-refractivity contribution in [1.29, 1.82) is 0 Å². The van der Waals surface area contributed by atoms with E-state index in [1.54, 1.807) is 0 Å². The summed E-state index contributed by atoms with van der Waals surface area (Å²) < 4.78 is 78.4. The molecule has 0 aliphatic heterocycles. The van der Waals surface area contributed by atoms with Crippen molar-refractivity contribution in [3.63, 3.8) is 0 Å². The van der Waals surface area contributed by atoms with Crippen molar-refractivity contribution in [2.24, 2.45) is 0 Å². The summed E-state index contributed by atoms with van der Waals surface area (Å²) in [5.74, 6) is -4.66. The number of rotatable bonds is 1. The van der Waals surface area contributed by atoms with Gasteiger partial charge in [0.15, 0.2) is 11.6 Å². The molecule has 0 unspecified atom stereocenters. The van der Waals surface area contributed by atoms with E-state index in [0.29, 0.717) is 16.6 Å². The van der Waals surface area contributed by atoms with E-state index >= 15 is 0 Å². The Morgan fingerprint density at radius 1 is 0.800 bits per heavy atom. The molecule has 0 heterocycles. The fourth-order valence-corrected chi connectivity index (χ4v) is 2.02. The molecule has 2 rings (SSSR count). The first kappa shape index (κ1) is 14.9. The molecule has 0 nitrogen and oxygen atoms in total. The van der Waals surface area contributed by atoms with Gasteiger partial charge < -0.3 is 0 Å². The van der Waals surface area contributed by atoms with Crippen LogP contribution in [0.5, 0.6) is 0 Å². The summed E-state index contributed by atoms with van der Waals surface area (Å²) in [6, 6.07) is 4.60. The van der Waals surface area contributed by atoms with Crippen LogP contribution in [-0.4, -0.2) is 0 Å². The molecule has 0 N–H and O–H groups in total. The Labute approximate surface area is 118 Å². The Kier molecular flexibility index (Phi) is 3.82. The Bertz CT molecular complexity index is 663. The predicted octanol–water partition coefficient (Wildman–Crippen LogP) is 5.55. The first-order valence-corrected chi connectivity index (χ1v) is 6.01. The minimum atomic E-state index is -5.01. The number of halogens is 7. The molecule has 0 fully saturated rings. The number of benzene rings is 2. The topological polar surface area (TPSA) is 0 Å². The van der Waals surface area contributed by atoms with E-state index in [0.717, 1.165) is 12.1 Å². The van der Waals surface area contributed by atoms with Crippen molar-refractivity contribution >= 4 is 15.9 Å². The lowest BCUT2D eigenvalue weighted by molar-refractivity contribution is -0.140. The van der Waals surface area contributed by atoms with Gasteiger partial charge in [-0.25, -0.2) is 13.2 Å². The molecule has 2 aromatic rings. The van der Waals surface area contributed by atoms with E-state index in [1.165, 1.54) is 6.07 Å². The monoisotopic (exact) mass is 354 g/mol. The molecule has 0 aliphatic carbocycles. The maximum absolute atomic E-state index is 13.7. The molecular formula is C13H5BrF6. The third-order valence-electron chi connectivity index (χ3n) is 2.61. The highest BCUT2D eigenvalue weighted by molar-refractivity contribution is 9.10. The Balaban J connectivity index is 2.63. The zero-order valence-corrected chi connectivity index (χ0v) is 11.1. The lowest BCUT2D eigenvalue weighted by atomic mass is 10.0. The molecule has 0 aromatic heterocycles. The van der Waals surface area contributed by atoms with Crippen LogP contribution >= 0.6 is 15.9 Å². The van der Waals surface area contributed by atoms with Crippen molar-refractivity contribution in [3.8, 4) is 11.1 Å². The predicted molar refractivity (Wildman–Crippen MR) is 64.5 cm³/mol. The van der Waals surface area contributed by atoms with Gasteiger partial charge in [0, 0.05) is 15.6 Å². The molecular weight excluding hydrogens is 350 g/mol. The molecule has 0 amide bonds. The van der Waals surface area contributed by atoms with Crippen LogP contribution in [-0.2, 0) is 6.18 Å². The fourth-order valence-electron chi connectivity index (χ4n) is 1.68. The third-order valence-corrected chi connectivity index (χ3v) is 3.10. The lowest BCUT2D eigenvalue weighted by Crippen LogP contribution is -2.10. The second-order valence-corrected chi connectivity index (χ2v) is 4.83. The maximum atomic E-state index is 13.7. The van der Waals surface area contributed by atoms with Gasteiger partial charge in [-0.3, -0.25) is 0 Å². The summed E-state index contributed by atoms with van der Waals surface area (Å²) >= 11 is 2.98. The van der Waals surface area contributed by atoms with Gasteiger partial charge in [-0.2, -0.15) is 13.2 Å². The molecule has 0 saturated carbocycles. The van der Waals surface area contributed by atoms with Crippen molar-refractivity contribution in [2.75, 3.05) is 0 Å². The van der Waals surface area contributed by atoms with Crippen LogP contribution < -0.4 is 0 Å². The van der Waals surface area contributed by atoms with Gasteiger partial charge in [0.05, 0.1) is 5.56 Å². The first-order valence-electron chi connectivity index (χ1n) is 5.22. The van der Waals surface area contributed by atoms with Gasteiger partial charge >= 0.3 is 6.18 Å². The highest BCUT2D eigenvalue weighted by atomic mass is 79.9. The van der Waals surface area contributed by atoms with Crippen LogP contribution in [0.15, 0.2) is 34.8 Å². The number of alkyl halides is 3. The van der Waals surface area contributed by atoms with Crippen molar-refractivity contribution in [1.82, 2.24) is 0 Å². The van der Waals surface area contributed by atoms with Crippen LogP contribution in [0.1, 0.15) is 5.56 Å². The number of hydrogen-bond donors (Lipinski definition) is 0. The van der Waals surface area contributed by atoms with Gasteiger partial charge in [-0.15, -0.1) is 0 Å². The quantitative estimate of drug-likeness (QED) is 0.589. The maximum Gasteiger partial charge on any atom is 0.419 e. The average molecular weight is 355 g/mol. The van der Waals surface area contributed by atoms with Gasteiger partial charge in [-0.1, -0.05) is 28.1 Å². The molecule has 106 valence electrons.